The first-order valence-electron chi connectivity index (χ1n) is 7.70. The van der Waals surface area contributed by atoms with Crippen molar-refractivity contribution in [1.82, 2.24) is 5.32 Å². The molecule has 1 aromatic carbocycles. The average molecular weight is 261 g/mol. The number of rotatable bonds is 9. The Labute approximate surface area is 117 Å². The number of hydrogen-bond acceptors (Lipinski definition) is 2. The molecule has 2 rings (SSSR count). The van der Waals surface area contributed by atoms with Gasteiger partial charge in [-0.1, -0.05) is 44.2 Å². The van der Waals surface area contributed by atoms with Crippen molar-refractivity contribution in [1.29, 1.82) is 0 Å². The maximum Gasteiger partial charge on any atom is 0.0628 e. The largest absolute Gasteiger partial charge is 0.380 e. The van der Waals surface area contributed by atoms with E-state index in [1.165, 1.54) is 24.8 Å². The van der Waals surface area contributed by atoms with Crippen LogP contribution in [0.3, 0.4) is 0 Å². The van der Waals surface area contributed by atoms with E-state index >= 15 is 0 Å². The molecule has 0 bridgehead atoms. The maximum absolute atomic E-state index is 5.83. The Morgan fingerprint density at radius 1 is 1.16 bits per heavy atom. The van der Waals surface area contributed by atoms with Crippen LogP contribution in [0.15, 0.2) is 30.3 Å². The first-order chi connectivity index (χ1) is 9.33. The second-order valence-corrected chi connectivity index (χ2v) is 5.60. The van der Waals surface area contributed by atoms with Crippen molar-refractivity contribution in [2.45, 2.75) is 51.0 Å². The Bertz CT molecular complexity index is 359. The summed E-state index contributed by atoms with van der Waals surface area (Å²) < 4.78 is 5.83. The molecule has 1 aliphatic carbocycles. The molecule has 1 aliphatic rings. The molecule has 0 aliphatic heterocycles. The fourth-order valence-electron chi connectivity index (χ4n) is 2.82. The van der Waals surface area contributed by atoms with Gasteiger partial charge in [0.1, 0.15) is 0 Å². The van der Waals surface area contributed by atoms with E-state index in [1.54, 1.807) is 0 Å². The molecule has 19 heavy (non-hydrogen) atoms. The summed E-state index contributed by atoms with van der Waals surface area (Å²) in [7, 11) is 0. The maximum atomic E-state index is 5.83. The third kappa shape index (κ3) is 3.58. The van der Waals surface area contributed by atoms with Crippen LogP contribution in [0.1, 0.15) is 45.1 Å². The van der Waals surface area contributed by atoms with Gasteiger partial charge < -0.3 is 10.1 Å². The van der Waals surface area contributed by atoms with E-state index in [-0.39, 0.29) is 0 Å². The van der Waals surface area contributed by atoms with Crippen LogP contribution in [0.5, 0.6) is 0 Å². The molecule has 0 saturated heterocycles. The summed E-state index contributed by atoms with van der Waals surface area (Å²) in [5, 5.41) is 3.70. The summed E-state index contributed by atoms with van der Waals surface area (Å²) in [5.74, 6) is 0. The van der Waals surface area contributed by atoms with Crippen LogP contribution < -0.4 is 5.32 Å². The smallest absolute Gasteiger partial charge is 0.0628 e. The molecule has 1 N–H and O–H groups in total. The zero-order valence-electron chi connectivity index (χ0n) is 12.3. The molecule has 1 aromatic rings. The second-order valence-electron chi connectivity index (χ2n) is 5.60. The van der Waals surface area contributed by atoms with Crippen molar-refractivity contribution >= 4 is 0 Å². The van der Waals surface area contributed by atoms with E-state index in [9.17, 15) is 0 Å². The van der Waals surface area contributed by atoms with Crippen LogP contribution in [-0.2, 0) is 10.2 Å². The molecule has 0 radical (unpaired) electrons. The molecule has 106 valence electrons. The average Bonchev–Trinajstić information content (AvgIpc) is 3.25. The van der Waals surface area contributed by atoms with Crippen LogP contribution in [0.4, 0.5) is 0 Å². The SMILES string of the molecule is CCCNC(COCCC)C1(c2ccccc2)CC1. The minimum atomic E-state index is 0.324. The molecule has 1 saturated carbocycles. The van der Waals surface area contributed by atoms with E-state index in [2.05, 4.69) is 49.5 Å². The van der Waals surface area contributed by atoms with E-state index in [0.717, 1.165) is 26.2 Å². The molecule has 1 fully saturated rings. The van der Waals surface area contributed by atoms with Gasteiger partial charge in [-0.05, 0) is 37.8 Å². The Morgan fingerprint density at radius 2 is 1.89 bits per heavy atom. The summed E-state index contributed by atoms with van der Waals surface area (Å²) in [6.07, 6.45) is 4.84. The Morgan fingerprint density at radius 3 is 2.47 bits per heavy atom. The van der Waals surface area contributed by atoms with E-state index < -0.39 is 0 Å². The van der Waals surface area contributed by atoms with Gasteiger partial charge in [0, 0.05) is 18.1 Å². The highest BCUT2D eigenvalue weighted by molar-refractivity contribution is 5.34. The van der Waals surface area contributed by atoms with Crippen LogP contribution in [0, 0.1) is 0 Å². The van der Waals surface area contributed by atoms with Gasteiger partial charge in [0.2, 0.25) is 0 Å². The lowest BCUT2D eigenvalue weighted by molar-refractivity contribution is 0.100. The zero-order valence-corrected chi connectivity index (χ0v) is 12.3. The van der Waals surface area contributed by atoms with Crippen LogP contribution in [0.2, 0.25) is 0 Å². The predicted molar refractivity (Wildman–Crippen MR) is 80.5 cm³/mol. The fraction of sp³-hybridized carbons (Fsp3) is 0.647. The third-order valence-corrected chi connectivity index (χ3v) is 4.08. The van der Waals surface area contributed by atoms with Crippen molar-refractivity contribution in [3.8, 4) is 0 Å². The lowest BCUT2D eigenvalue weighted by Gasteiger charge is -2.28. The van der Waals surface area contributed by atoms with Crippen molar-refractivity contribution in [2.75, 3.05) is 19.8 Å². The molecule has 0 spiro atoms. The molecule has 0 heterocycles. The summed E-state index contributed by atoms with van der Waals surface area (Å²) in [4.78, 5) is 0. The lowest BCUT2D eigenvalue weighted by Crippen LogP contribution is -2.44. The minimum Gasteiger partial charge on any atom is -0.380 e. The highest BCUT2D eigenvalue weighted by atomic mass is 16.5. The molecule has 2 heteroatoms. The fourth-order valence-corrected chi connectivity index (χ4v) is 2.82. The van der Waals surface area contributed by atoms with Crippen molar-refractivity contribution < 1.29 is 4.74 Å². The van der Waals surface area contributed by atoms with Gasteiger partial charge in [0.05, 0.1) is 6.61 Å². The summed E-state index contributed by atoms with van der Waals surface area (Å²) in [5.41, 5.74) is 1.80. The predicted octanol–water partition coefficient (Wildman–Crippen LogP) is 3.51. The molecular formula is C17H27NO. The van der Waals surface area contributed by atoms with Gasteiger partial charge in [0.25, 0.3) is 0 Å². The Hall–Kier alpha value is -0.860. The van der Waals surface area contributed by atoms with Gasteiger partial charge in [-0.15, -0.1) is 0 Å². The quantitative estimate of drug-likeness (QED) is 0.687. The topological polar surface area (TPSA) is 21.3 Å². The van der Waals surface area contributed by atoms with Crippen molar-refractivity contribution in [2.24, 2.45) is 0 Å². The van der Waals surface area contributed by atoms with Crippen LogP contribution in [-0.4, -0.2) is 25.8 Å². The molecule has 1 unspecified atom stereocenters. The Kier molecular flexibility index (Phi) is 5.41. The molecule has 0 amide bonds. The molecule has 1 atom stereocenters. The summed E-state index contributed by atoms with van der Waals surface area (Å²) in [6.45, 7) is 7.17. The van der Waals surface area contributed by atoms with Gasteiger partial charge >= 0.3 is 0 Å². The van der Waals surface area contributed by atoms with Crippen LogP contribution >= 0.6 is 0 Å². The zero-order chi connectivity index (χ0) is 13.6. The highest BCUT2D eigenvalue weighted by Crippen LogP contribution is 2.51. The van der Waals surface area contributed by atoms with Gasteiger partial charge in [-0.2, -0.15) is 0 Å². The van der Waals surface area contributed by atoms with Gasteiger partial charge in [-0.25, -0.2) is 0 Å². The van der Waals surface area contributed by atoms with Gasteiger partial charge in [0.15, 0.2) is 0 Å². The highest BCUT2D eigenvalue weighted by Gasteiger charge is 2.50. The van der Waals surface area contributed by atoms with E-state index in [4.69, 9.17) is 4.74 Å². The molecular weight excluding hydrogens is 234 g/mol. The van der Waals surface area contributed by atoms with Crippen molar-refractivity contribution in [3.63, 3.8) is 0 Å². The lowest BCUT2D eigenvalue weighted by atomic mass is 9.88. The van der Waals surface area contributed by atoms with E-state index in [1.807, 2.05) is 0 Å². The van der Waals surface area contributed by atoms with Gasteiger partial charge in [-0.3, -0.25) is 0 Å². The normalized spacial score (nSPS) is 18.2. The van der Waals surface area contributed by atoms with Crippen LogP contribution in [0.25, 0.3) is 0 Å². The summed E-state index contributed by atoms with van der Waals surface area (Å²) in [6, 6.07) is 11.4. The number of benzene rings is 1. The third-order valence-electron chi connectivity index (χ3n) is 4.08. The molecule has 0 aromatic heterocycles. The first kappa shape index (κ1) is 14.5. The van der Waals surface area contributed by atoms with Crippen molar-refractivity contribution in [3.05, 3.63) is 35.9 Å². The number of ether oxygens (including phenoxy) is 1. The first-order valence-corrected chi connectivity index (χ1v) is 7.70. The second kappa shape index (κ2) is 7.06. The van der Waals surface area contributed by atoms with E-state index in [0.29, 0.717) is 11.5 Å². The number of hydrogen-bond donors (Lipinski definition) is 1. The number of nitrogens with one attached hydrogen (secondary N) is 1. The summed E-state index contributed by atoms with van der Waals surface area (Å²) >= 11 is 0. The minimum absolute atomic E-state index is 0.324. The monoisotopic (exact) mass is 261 g/mol. The Balaban J connectivity index is 2.04. The molecule has 2 nitrogen and oxygen atoms in total. The standard InChI is InChI=1S/C17H27NO/c1-3-12-18-16(14-19-13-4-2)17(10-11-17)15-8-6-5-7-9-15/h5-9,16,18H,3-4,10-14H2,1-2H3.